The standard InChI is InChI=1S/C49H82O18/c1-21(11-12-29(52)45(7,8)67-41-37(58)34(55)25(51)19-61-41)31-27(64-24(4)50)18-47(10)28-17-26(65-42-38(59)35(56)32(53)22(2)62-42)40-44(5,6)30(66-43-39(60)36(57)33(54)23(3)63-43)13-14-49(40)20-48(28,49)16-15-46(31,47)9/h21-23,25-43,51-60H,11-20H2,1-10H3/t21-,22+,23+,25-,26+,27+,28+,29-,30+,31+,32+,33+,34+,35-,36-,37-,38-,39-,40+,41+,42+,43+,46-,47+,48+,49-/m1/s1. The highest BCUT2D eigenvalue weighted by molar-refractivity contribution is 5.66. The lowest BCUT2D eigenvalue weighted by Gasteiger charge is -2.65. The van der Waals surface area contributed by atoms with Crippen LogP contribution in [0.4, 0.5) is 0 Å². The SMILES string of the molecule is CC(=O)O[C@H]1C[C@@]2(C)[C@@H]3C[C@H](O[C@@H]4O[C@@H](C)[C@H](O)[C@@H](O)[C@H]4O)[C@H]4C(C)(C)[C@@H](O[C@@H]5O[C@@H](C)[C@H](O)[C@@H](O)[C@H]5O)CC[C@@]45C[C@@]35CC[C@]2(C)[C@H]1[C@H](C)CC[C@@H](O)C(C)(C)O[C@@H]1OC[C@@H](O)[C@H](O)[C@H]1O. The molecule has 0 bridgehead atoms. The van der Waals surface area contributed by atoms with E-state index in [4.69, 9.17) is 33.2 Å². The summed E-state index contributed by atoms with van der Waals surface area (Å²) in [7, 11) is 0. The first kappa shape index (κ1) is 52.2. The molecule has 2 spiro atoms. The topological polar surface area (TPSA) is 284 Å². The third-order valence-corrected chi connectivity index (χ3v) is 19.7. The number of carbonyl (C=O) groups is 1. The molecule has 8 rings (SSSR count). The van der Waals surface area contributed by atoms with Gasteiger partial charge in [0.05, 0.1) is 42.7 Å². The zero-order valence-corrected chi connectivity index (χ0v) is 41.0. The molecule has 0 aromatic carbocycles. The highest BCUT2D eigenvalue weighted by Crippen LogP contribution is 2.89. The minimum Gasteiger partial charge on any atom is -0.462 e. The van der Waals surface area contributed by atoms with E-state index >= 15 is 0 Å². The van der Waals surface area contributed by atoms with Gasteiger partial charge in [-0.25, -0.2) is 0 Å². The van der Waals surface area contributed by atoms with Gasteiger partial charge in [-0.05, 0) is 130 Å². The van der Waals surface area contributed by atoms with Gasteiger partial charge in [0.1, 0.15) is 61.0 Å². The number of fused-ring (bicyclic) bond motifs is 2. The van der Waals surface area contributed by atoms with E-state index in [0.29, 0.717) is 32.1 Å². The summed E-state index contributed by atoms with van der Waals surface area (Å²) in [5.41, 5.74) is -2.94. The monoisotopic (exact) mass is 959 g/mol. The molecule has 0 radical (unpaired) electrons. The molecular weight excluding hydrogens is 877 g/mol. The Morgan fingerprint density at radius 1 is 0.716 bits per heavy atom. The van der Waals surface area contributed by atoms with E-state index in [9.17, 15) is 55.9 Å². The van der Waals surface area contributed by atoms with E-state index in [-0.39, 0.29) is 57.9 Å². The van der Waals surface area contributed by atoms with Crippen LogP contribution in [0.5, 0.6) is 0 Å². The van der Waals surface area contributed by atoms with Gasteiger partial charge in [-0.1, -0.05) is 34.6 Å². The van der Waals surface area contributed by atoms with Crippen LogP contribution in [0.1, 0.15) is 127 Å². The Bertz CT molecular complexity index is 1790. The van der Waals surface area contributed by atoms with Crippen molar-refractivity contribution >= 4 is 5.97 Å². The minimum atomic E-state index is -1.53. The highest BCUT2D eigenvalue weighted by Gasteiger charge is 2.85. The van der Waals surface area contributed by atoms with Crippen molar-refractivity contribution in [3.63, 3.8) is 0 Å². The van der Waals surface area contributed by atoms with Crippen molar-refractivity contribution in [2.24, 2.45) is 50.7 Å². The quantitative estimate of drug-likeness (QED) is 0.0965. The lowest BCUT2D eigenvalue weighted by molar-refractivity contribution is -0.340. The first-order valence-electron chi connectivity index (χ1n) is 25.0. The van der Waals surface area contributed by atoms with Crippen molar-refractivity contribution in [3.05, 3.63) is 0 Å². The van der Waals surface area contributed by atoms with Gasteiger partial charge in [-0.2, -0.15) is 0 Å². The Hall–Kier alpha value is -1.17. The van der Waals surface area contributed by atoms with E-state index in [2.05, 4.69) is 34.6 Å². The average Bonchev–Trinajstić information content (AvgIpc) is 3.85. The third kappa shape index (κ3) is 8.28. The maximum Gasteiger partial charge on any atom is 0.302 e. The zero-order valence-electron chi connectivity index (χ0n) is 41.0. The van der Waals surface area contributed by atoms with E-state index in [1.165, 1.54) is 6.92 Å². The van der Waals surface area contributed by atoms with Crippen molar-refractivity contribution < 1.29 is 89.0 Å². The Balaban J connectivity index is 1.08. The van der Waals surface area contributed by atoms with E-state index < -0.39 is 121 Å². The Morgan fingerprint density at radius 2 is 1.30 bits per heavy atom. The molecule has 8 aliphatic rings. The van der Waals surface area contributed by atoms with Crippen molar-refractivity contribution in [2.75, 3.05) is 6.61 Å². The van der Waals surface area contributed by atoms with Crippen LogP contribution >= 0.6 is 0 Å². The summed E-state index contributed by atoms with van der Waals surface area (Å²) in [5.74, 6) is -0.612. The number of aliphatic hydroxyl groups is 10. The van der Waals surface area contributed by atoms with Crippen LogP contribution in [0, 0.1) is 50.7 Å². The van der Waals surface area contributed by atoms with Crippen LogP contribution in [0.15, 0.2) is 0 Å². The number of hydrogen-bond donors (Lipinski definition) is 10. The summed E-state index contributed by atoms with van der Waals surface area (Å²) < 4.78 is 43.6. The van der Waals surface area contributed by atoms with Crippen molar-refractivity contribution in [1.82, 2.24) is 0 Å². The van der Waals surface area contributed by atoms with Gasteiger partial charge in [0.2, 0.25) is 0 Å². The van der Waals surface area contributed by atoms with Crippen LogP contribution in [0.3, 0.4) is 0 Å². The second kappa shape index (κ2) is 18.1. The predicted octanol–water partition coefficient (Wildman–Crippen LogP) is 1.01. The lowest BCUT2D eigenvalue weighted by Crippen LogP contribution is -2.65. The van der Waals surface area contributed by atoms with Crippen LogP contribution in [-0.4, -0.2) is 180 Å². The molecule has 3 aliphatic heterocycles. The van der Waals surface area contributed by atoms with Crippen LogP contribution in [0.2, 0.25) is 0 Å². The van der Waals surface area contributed by atoms with Crippen LogP contribution < -0.4 is 0 Å². The molecule has 386 valence electrons. The summed E-state index contributed by atoms with van der Waals surface area (Å²) in [6.07, 6.45) is -14.5. The summed E-state index contributed by atoms with van der Waals surface area (Å²) in [6, 6.07) is 0. The maximum absolute atomic E-state index is 13.0. The lowest BCUT2D eigenvalue weighted by atomic mass is 9.41. The first-order valence-corrected chi connectivity index (χ1v) is 25.0. The summed E-state index contributed by atoms with van der Waals surface area (Å²) >= 11 is 0. The average molecular weight is 959 g/mol. The molecule has 18 nitrogen and oxygen atoms in total. The van der Waals surface area contributed by atoms with Gasteiger partial charge in [-0.15, -0.1) is 0 Å². The van der Waals surface area contributed by atoms with Crippen LogP contribution in [-0.2, 0) is 38.0 Å². The number of ether oxygens (including phenoxy) is 7. The Morgan fingerprint density at radius 3 is 1.90 bits per heavy atom. The fraction of sp³-hybridized carbons (Fsp3) is 0.980. The molecule has 18 heteroatoms. The summed E-state index contributed by atoms with van der Waals surface area (Å²) in [5, 5.41) is 108. The maximum atomic E-state index is 13.0. The largest absolute Gasteiger partial charge is 0.462 e. The van der Waals surface area contributed by atoms with Gasteiger partial charge in [0, 0.05) is 12.8 Å². The second-order valence-corrected chi connectivity index (χ2v) is 24.0. The Labute approximate surface area is 394 Å². The van der Waals surface area contributed by atoms with Crippen molar-refractivity contribution in [3.8, 4) is 0 Å². The zero-order chi connectivity index (χ0) is 49.3. The van der Waals surface area contributed by atoms with Gasteiger partial charge >= 0.3 is 5.97 Å². The van der Waals surface area contributed by atoms with Crippen molar-refractivity contribution in [1.29, 1.82) is 0 Å². The van der Waals surface area contributed by atoms with E-state index in [0.717, 1.165) is 25.7 Å². The molecular formula is C49H82O18. The molecule has 67 heavy (non-hydrogen) atoms. The molecule has 26 atom stereocenters. The number of rotatable bonds is 12. The predicted molar refractivity (Wildman–Crippen MR) is 235 cm³/mol. The van der Waals surface area contributed by atoms with E-state index in [1.807, 2.05) is 0 Å². The summed E-state index contributed by atoms with van der Waals surface area (Å²) in [6.45, 7) is 18.9. The van der Waals surface area contributed by atoms with Gasteiger partial charge < -0.3 is 84.2 Å². The molecule has 0 aromatic heterocycles. The summed E-state index contributed by atoms with van der Waals surface area (Å²) in [4.78, 5) is 13.0. The fourth-order valence-electron chi connectivity index (χ4n) is 15.9. The third-order valence-electron chi connectivity index (χ3n) is 19.7. The molecule has 0 aromatic rings. The van der Waals surface area contributed by atoms with E-state index in [1.54, 1.807) is 27.7 Å². The normalized spacial score (nSPS) is 53.6. The molecule has 0 amide bonds. The molecule has 3 saturated heterocycles. The number of carbonyl (C=O) groups excluding carboxylic acids is 1. The minimum absolute atomic E-state index is 0.0351. The molecule has 8 fully saturated rings. The fourth-order valence-corrected chi connectivity index (χ4v) is 15.9. The smallest absolute Gasteiger partial charge is 0.302 e. The number of esters is 1. The molecule has 5 saturated carbocycles. The number of hydrogen-bond acceptors (Lipinski definition) is 18. The molecule has 3 heterocycles. The van der Waals surface area contributed by atoms with Crippen LogP contribution in [0.25, 0.3) is 0 Å². The van der Waals surface area contributed by atoms with Gasteiger partial charge in [0.15, 0.2) is 18.9 Å². The number of aliphatic hydroxyl groups excluding tert-OH is 10. The first-order chi connectivity index (χ1) is 31.1. The molecule has 5 aliphatic carbocycles. The Kier molecular flexibility index (Phi) is 14.1. The second-order valence-electron chi connectivity index (χ2n) is 24.0. The molecule has 10 N–H and O–H groups in total. The van der Waals surface area contributed by atoms with Gasteiger partial charge in [0.25, 0.3) is 0 Å². The highest BCUT2D eigenvalue weighted by atomic mass is 16.7. The van der Waals surface area contributed by atoms with Gasteiger partial charge in [-0.3, -0.25) is 4.79 Å². The molecule has 0 unspecified atom stereocenters. The van der Waals surface area contributed by atoms with Crippen molar-refractivity contribution in [2.45, 2.75) is 243 Å².